The summed E-state index contributed by atoms with van der Waals surface area (Å²) in [6, 6.07) is 11.6. The van der Waals surface area contributed by atoms with Gasteiger partial charge in [0.1, 0.15) is 5.75 Å². The Morgan fingerprint density at radius 1 is 0.900 bits per heavy atom. The lowest BCUT2D eigenvalue weighted by molar-refractivity contribution is -0.137. The van der Waals surface area contributed by atoms with Crippen LogP contribution in [0, 0.1) is 6.92 Å². The molecule has 1 aliphatic rings. The lowest BCUT2D eigenvalue weighted by Crippen LogP contribution is -2.39. The van der Waals surface area contributed by atoms with E-state index in [2.05, 4.69) is 0 Å². The molecule has 1 saturated heterocycles. The second-order valence-electron chi connectivity index (χ2n) is 7.20. The van der Waals surface area contributed by atoms with Crippen molar-refractivity contribution in [2.75, 3.05) is 32.8 Å². The van der Waals surface area contributed by atoms with Gasteiger partial charge in [-0.15, -0.1) is 0 Å². The molecule has 0 spiro atoms. The molecule has 3 rings (SSSR count). The van der Waals surface area contributed by atoms with E-state index in [1.54, 1.807) is 21.9 Å². The van der Waals surface area contributed by atoms with Gasteiger partial charge in [0.05, 0.1) is 5.56 Å². The molecular weight excluding hydrogens is 397 g/mol. The van der Waals surface area contributed by atoms with Crippen LogP contribution in [0.5, 0.6) is 5.75 Å². The van der Waals surface area contributed by atoms with Crippen molar-refractivity contribution in [3.05, 3.63) is 65.2 Å². The summed E-state index contributed by atoms with van der Waals surface area (Å²) in [4.78, 5) is 28.3. The number of carbonyl (C=O) groups excluding carboxylic acids is 2. The van der Waals surface area contributed by atoms with Gasteiger partial charge in [-0.25, -0.2) is 0 Å². The Morgan fingerprint density at radius 2 is 1.50 bits per heavy atom. The number of nitrogens with zero attached hydrogens (tertiary/aromatic N) is 2. The van der Waals surface area contributed by atoms with E-state index in [1.807, 2.05) is 19.1 Å². The van der Waals surface area contributed by atoms with Gasteiger partial charge in [-0.1, -0.05) is 17.7 Å². The van der Waals surface area contributed by atoms with E-state index in [4.69, 9.17) is 4.74 Å². The predicted molar refractivity (Wildman–Crippen MR) is 105 cm³/mol. The number of ether oxygens (including phenoxy) is 1. The minimum Gasteiger partial charge on any atom is -0.484 e. The molecule has 0 unspecified atom stereocenters. The quantitative estimate of drug-likeness (QED) is 0.757. The van der Waals surface area contributed by atoms with Crippen molar-refractivity contribution in [3.8, 4) is 5.75 Å². The van der Waals surface area contributed by atoms with Gasteiger partial charge in [-0.3, -0.25) is 9.59 Å². The first-order chi connectivity index (χ1) is 14.2. The van der Waals surface area contributed by atoms with E-state index in [1.165, 1.54) is 12.1 Å². The van der Waals surface area contributed by atoms with Gasteiger partial charge in [0.2, 0.25) is 0 Å². The molecule has 0 saturated carbocycles. The Hall–Kier alpha value is -3.03. The summed E-state index contributed by atoms with van der Waals surface area (Å²) in [5.41, 5.74) is 0.504. The molecule has 8 heteroatoms. The van der Waals surface area contributed by atoms with Gasteiger partial charge in [-0.05, 0) is 49.7 Å². The smallest absolute Gasteiger partial charge is 0.416 e. The molecular formula is C22H23F3N2O3. The van der Waals surface area contributed by atoms with E-state index in [9.17, 15) is 22.8 Å². The highest BCUT2D eigenvalue weighted by atomic mass is 19.4. The first-order valence-corrected chi connectivity index (χ1v) is 9.68. The Bertz CT molecular complexity index is 880. The SMILES string of the molecule is Cc1ccc(OCC(=O)N2CCCN(C(=O)c3ccc(C(F)(F)F)cc3)CC2)cc1. The molecule has 30 heavy (non-hydrogen) atoms. The molecule has 5 nitrogen and oxygen atoms in total. The van der Waals surface area contributed by atoms with E-state index in [0.717, 1.165) is 17.7 Å². The molecule has 0 bridgehead atoms. The van der Waals surface area contributed by atoms with Crippen LogP contribution in [-0.2, 0) is 11.0 Å². The third kappa shape index (κ3) is 5.52. The summed E-state index contributed by atoms with van der Waals surface area (Å²) in [5.74, 6) is 0.108. The average Bonchev–Trinajstić information content (AvgIpc) is 2.98. The summed E-state index contributed by atoms with van der Waals surface area (Å²) < 4.78 is 43.6. The number of halogens is 3. The minimum atomic E-state index is -4.44. The Kier molecular flexibility index (Phi) is 6.64. The average molecular weight is 420 g/mol. The maximum atomic E-state index is 12.7. The molecule has 2 aromatic carbocycles. The molecule has 2 amide bonds. The number of hydrogen-bond donors (Lipinski definition) is 0. The van der Waals surface area contributed by atoms with Crippen molar-refractivity contribution >= 4 is 11.8 Å². The fourth-order valence-electron chi connectivity index (χ4n) is 3.23. The van der Waals surface area contributed by atoms with Gasteiger partial charge in [0, 0.05) is 31.7 Å². The first-order valence-electron chi connectivity index (χ1n) is 9.68. The molecule has 0 radical (unpaired) electrons. The number of carbonyl (C=O) groups is 2. The Balaban J connectivity index is 1.54. The molecule has 1 aliphatic heterocycles. The predicted octanol–water partition coefficient (Wildman–Crippen LogP) is 3.77. The van der Waals surface area contributed by atoms with E-state index >= 15 is 0 Å². The summed E-state index contributed by atoms with van der Waals surface area (Å²) >= 11 is 0. The van der Waals surface area contributed by atoms with Crippen molar-refractivity contribution in [2.45, 2.75) is 19.5 Å². The van der Waals surface area contributed by atoms with Gasteiger partial charge < -0.3 is 14.5 Å². The summed E-state index contributed by atoms with van der Waals surface area (Å²) in [6.07, 6.45) is -3.85. The van der Waals surface area contributed by atoms with E-state index in [-0.39, 0.29) is 24.0 Å². The summed E-state index contributed by atoms with van der Waals surface area (Å²) in [6.45, 7) is 3.47. The van der Waals surface area contributed by atoms with Crippen molar-refractivity contribution in [3.63, 3.8) is 0 Å². The fourth-order valence-corrected chi connectivity index (χ4v) is 3.23. The molecule has 0 N–H and O–H groups in total. The van der Waals surface area contributed by atoms with Crippen molar-refractivity contribution in [1.82, 2.24) is 9.80 Å². The number of hydrogen-bond acceptors (Lipinski definition) is 3. The normalized spacial score (nSPS) is 14.9. The zero-order valence-electron chi connectivity index (χ0n) is 16.6. The second-order valence-corrected chi connectivity index (χ2v) is 7.20. The topological polar surface area (TPSA) is 49.9 Å². The number of alkyl halides is 3. The summed E-state index contributed by atoms with van der Waals surface area (Å²) in [7, 11) is 0. The van der Waals surface area contributed by atoms with Crippen LogP contribution < -0.4 is 4.74 Å². The van der Waals surface area contributed by atoms with Gasteiger partial charge in [0.25, 0.3) is 11.8 Å². The van der Waals surface area contributed by atoms with Crippen LogP contribution in [0.15, 0.2) is 48.5 Å². The molecule has 160 valence electrons. The highest BCUT2D eigenvalue weighted by Crippen LogP contribution is 2.29. The van der Waals surface area contributed by atoms with Crippen molar-refractivity contribution in [1.29, 1.82) is 0 Å². The van der Waals surface area contributed by atoms with Gasteiger partial charge in [0.15, 0.2) is 6.61 Å². The van der Waals surface area contributed by atoms with E-state index < -0.39 is 11.7 Å². The zero-order valence-corrected chi connectivity index (χ0v) is 16.6. The molecule has 0 aliphatic carbocycles. The van der Waals surface area contributed by atoms with Crippen LogP contribution >= 0.6 is 0 Å². The maximum Gasteiger partial charge on any atom is 0.416 e. The van der Waals surface area contributed by atoms with Crippen LogP contribution in [-0.4, -0.2) is 54.4 Å². The minimum absolute atomic E-state index is 0.0874. The molecule has 2 aromatic rings. The number of aryl methyl sites for hydroxylation is 1. The number of rotatable bonds is 4. The van der Waals surface area contributed by atoms with Crippen LogP contribution in [0.3, 0.4) is 0 Å². The Morgan fingerprint density at radius 3 is 2.13 bits per heavy atom. The van der Waals surface area contributed by atoms with Crippen molar-refractivity contribution in [2.24, 2.45) is 0 Å². The van der Waals surface area contributed by atoms with Crippen LogP contribution in [0.1, 0.15) is 27.9 Å². The van der Waals surface area contributed by atoms with Gasteiger partial charge >= 0.3 is 6.18 Å². The number of amides is 2. The van der Waals surface area contributed by atoms with Crippen molar-refractivity contribution < 1.29 is 27.5 Å². The summed E-state index contributed by atoms with van der Waals surface area (Å²) in [5, 5.41) is 0. The van der Waals surface area contributed by atoms with E-state index in [0.29, 0.717) is 38.3 Å². The standard InChI is InChI=1S/C22H23F3N2O3/c1-16-3-9-19(10-4-16)30-15-20(28)26-11-2-12-27(14-13-26)21(29)17-5-7-18(8-6-17)22(23,24)25/h3-10H,2,11-15H2,1H3. The second kappa shape index (κ2) is 9.19. The highest BCUT2D eigenvalue weighted by molar-refractivity contribution is 5.94. The Labute approximate surface area is 173 Å². The lowest BCUT2D eigenvalue weighted by atomic mass is 10.1. The lowest BCUT2D eigenvalue weighted by Gasteiger charge is -2.22. The molecule has 1 fully saturated rings. The van der Waals surface area contributed by atoms with Gasteiger partial charge in [-0.2, -0.15) is 13.2 Å². The maximum absolute atomic E-state index is 12.7. The van der Waals surface area contributed by atoms with Crippen LogP contribution in [0.4, 0.5) is 13.2 Å². The number of benzene rings is 2. The third-order valence-electron chi connectivity index (χ3n) is 4.98. The van der Waals surface area contributed by atoms with Crippen LogP contribution in [0.25, 0.3) is 0 Å². The molecule has 1 heterocycles. The molecule has 0 atom stereocenters. The zero-order chi connectivity index (χ0) is 21.7. The monoisotopic (exact) mass is 420 g/mol. The highest BCUT2D eigenvalue weighted by Gasteiger charge is 2.30. The molecule has 0 aromatic heterocycles. The largest absolute Gasteiger partial charge is 0.484 e. The first kappa shape index (κ1) is 21.7. The van der Waals surface area contributed by atoms with Crippen LogP contribution in [0.2, 0.25) is 0 Å². The third-order valence-corrected chi connectivity index (χ3v) is 4.98. The fraction of sp³-hybridized carbons (Fsp3) is 0.364.